The molecule has 0 amide bonds. The Morgan fingerprint density at radius 2 is 1.78 bits per heavy atom. The van der Waals surface area contributed by atoms with E-state index in [0.717, 1.165) is 24.7 Å². The molecule has 0 aliphatic carbocycles. The molecule has 1 N–H and O–H groups in total. The van der Waals surface area contributed by atoms with Crippen LogP contribution in [-0.2, 0) is 14.3 Å². The molecule has 0 unspecified atom stereocenters. The van der Waals surface area contributed by atoms with Crippen molar-refractivity contribution in [1.29, 1.82) is 0 Å². The van der Waals surface area contributed by atoms with Gasteiger partial charge in [0.15, 0.2) is 5.78 Å². The first kappa shape index (κ1) is 17.9. The molecular weight excluding hydrogens is 250 g/mol. The maximum Gasteiger partial charge on any atom is 0.163 e. The summed E-state index contributed by atoms with van der Waals surface area (Å²) in [5, 5.41) is 3.10. The van der Waals surface area contributed by atoms with Crippen LogP contribution < -0.4 is 5.32 Å². The Balaban J connectivity index is 3.19. The van der Waals surface area contributed by atoms with Crippen molar-refractivity contribution in [2.75, 3.05) is 51.5 Å². The molecule has 0 aliphatic heterocycles. The highest BCUT2D eigenvalue weighted by atomic mass is 32.2. The van der Waals surface area contributed by atoms with E-state index in [-0.39, 0.29) is 17.8 Å². The van der Waals surface area contributed by atoms with Gasteiger partial charge in [-0.15, -0.1) is 0 Å². The topological polar surface area (TPSA) is 47.6 Å². The van der Waals surface area contributed by atoms with E-state index in [1.807, 2.05) is 39.6 Å². The van der Waals surface area contributed by atoms with Crippen molar-refractivity contribution in [3.63, 3.8) is 0 Å². The highest BCUT2D eigenvalue weighted by molar-refractivity contribution is 7.99. The van der Waals surface area contributed by atoms with Crippen LogP contribution in [0.1, 0.15) is 20.8 Å². The molecule has 0 bridgehead atoms. The van der Waals surface area contributed by atoms with Gasteiger partial charge in [-0.25, -0.2) is 0 Å². The summed E-state index contributed by atoms with van der Waals surface area (Å²) in [7, 11) is 1.95. The summed E-state index contributed by atoms with van der Waals surface area (Å²) in [6, 6.07) is 0. The van der Waals surface area contributed by atoms with E-state index < -0.39 is 0 Å². The smallest absolute Gasteiger partial charge is 0.163 e. The minimum absolute atomic E-state index is 0.130. The van der Waals surface area contributed by atoms with Gasteiger partial charge in [0.1, 0.15) is 6.61 Å². The molecule has 0 atom stereocenters. The van der Waals surface area contributed by atoms with Crippen LogP contribution in [0.3, 0.4) is 0 Å². The molecule has 0 spiro atoms. The predicted octanol–water partition coefficient (Wildman–Crippen LogP) is 1.59. The summed E-state index contributed by atoms with van der Waals surface area (Å²) < 4.78 is 10.7. The molecule has 0 saturated carbocycles. The number of carbonyl (C=O) groups excluding carboxylic acids is 1. The lowest BCUT2D eigenvalue weighted by Gasteiger charge is -2.16. The number of Topliss-reactive ketones (excluding diaryl/α,β-unsaturated/α-hetero) is 1. The fraction of sp³-hybridized carbons (Fsp3) is 0.923. The summed E-state index contributed by atoms with van der Waals surface area (Å²) in [5.74, 6) is 2.24. The highest BCUT2D eigenvalue weighted by Crippen LogP contribution is 2.14. The number of hydrogen-bond donors (Lipinski definition) is 1. The molecule has 18 heavy (non-hydrogen) atoms. The second-order valence-corrected chi connectivity index (χ2v) is 6.28. The number of carbonyl (C=O) groups is 1. The van der Waals surface area contributed by atoms with Gasteiger partial charge in [0.25, 0.3) is 0 Å². The molecule has 0 aliphatic rings. The molecule has 0 fully saturated rings. The van der Waals surface area contributed by atoms with E-state index in [2.05, 4.69) is 5.32 Å². The summed E-state index contributed by atoms with van der Waals surface area (Å²) in [6.07, 6.45) is 0. The summed E-state index contributed by atoms with van der Waals surface area (Å²) in [5.41, 5.74) is -0.315. The zero-order chi connectivity index (χ0) is 13.9. The Labute approximate surface area is 115 Å². The summed E-state index contributed by atoms with van der Waals surface area (Å²) in [6.45, 7) is 8.71. The van der Waals surface area contributed by atoms with E-state index in [1.54, 1.807) is 0 Å². The normalized spacial score (nSPS) is 11.8. The molecule has 108 valence electrons. The Hall–Kier alpha value is -0.100. The molecule has 0 rings (SSSR count). The van der Waals surface area contributed by atoms with Gasteiger partial charge in [-0.05, 0) is 7.05 Å². The third-order valence-electron chi connectivity index (χ3n) is 2.31. The van der Waals surface area contributed by atoms with Gasteiger partial charge in [0.05, 0.1) is 19.8 Å². The first-order valence-corrected chi connectivity index (χ1v) is 7.55. The SMILES string of the molecule is CNCCSCCOCCOCC(=O)C(C)(C)C. The summed E-state index contributed by atoms with van der Waals surface area (Å²) in [4.78, 5) is 11.5. The van der Waals surface area contributed by atoms with Crippen molar-refractivity contribution in [2.45, 2.75) is 20.8 Å². The van der Waals surface area contributed by atoms with Gasteiger partial charge < -0.3 is 14.8 Å². The van der Waals surface area contributed by atoms with E-state index in [1.165, 1.54) is 0 Å². The maximum absolute atomic E-state index is 11.5. The number of ether oxygens (including phenoxy) is 2. The maximum atomic E-state index is 11.5. The molecule has 5 heteroatoms. The fourth-order valence-electron chi connectivity index (χ4n) is 0.995. The monoisotopic (exact) mass is 277 g/mol. The van der Waals surface area contributed by atoms with E-state index >= 15 is 0 Å². The molecule has 0 aromatic heterocycles. The summed E-state index contributed by atoms with van der Waals surface area (Å²) >= 11 is 1.87. The first-order valence-electron chi connectivity index (χ1n) is 6.39. The highest BCUT2D eigenvalue weighted by Gasteiger charge is 2.20. The van der Waals surface area contributed by atoms with Crippen LogP contribution >= 0.6 is 11.8 Å². The van der Waals surface area contributed by atoms with Crippen molar-refractivity contribution in [3.8, 4) is 0 Å². The lowest BCUT2D eigenvalue weighted by Crippen LogP contribution is -2.25. The lowest BCUT2D eigenvalue weighted by atomic mass is 9.91. The molecule has 0 radical (unpaired) electrons. The van der Waals surface area contributed by atoms with Crippen molar-refractivity contribution < 1.29 is 14.3 Å². The molecule has 0 heterocycles. The van der Waals surface area contributed by atoms with E-state index in [4.69, 9.17) is 9.47 Å². The molecule has 4 nitrogen and oxygen atoms in total. The van der Waals surface area contributed by atoms with Crippen LogP contribution in [0.25, 0.3) is 0 Å². The number of hydrogen-bond acceptors (Lipinski definition) is 5. The van der Waals surface area contributed by atoms with Crippen LogP contribution in [0, 0.1) is 5.41 Å². The average Bonchev–Trinajstić information content (AvgIpc) is 2.30. The Morgan fingerprint density at radius 1 is 1.11 bits per heavy atom. The third-order valence-corrected chi connectivity index (χ3v) is 3.26. The number of ketones is 1. The number of rotatable bonds is 11. The number of thioether (sulfide) groups is 1. The average molecular weight is 277 g/mol. The molecular formula is C13H27NO3S. The van der Waals surface area contributed by atoms with Gasteiger partial charge in [-0.1, -0.05) is 20.8 Å². The molecule has 0 saturated heterocycles. The van der Waals surface area contributed by atoms with Gasteiger partial charge in [0, 0.05) is 23.5 Å². The third kappa shape index (κ3) is 11.0. The second-order valence-electron chi connectivity index (χ2n) is 5.05. The van der Waals surface area contributed by atoms with Gasteiger partial charge in [0.2, 0.25) is 0 Å². The Bertz CT molecular complexity index is 217. The Kier molecular flexibility index (Phi) is 10.7. The lowest BCUT2D eigenvalue weighted by molar-refractivity contribution is -0.131. The zero-order valence-corrected chi connectivity index (χ0v) is 12.9. The van der Waals surface area contributed by atoms with Crippen molar-refractivity contribution >= 4 is 17.5 Å². The van der Waals surface area contributed by atoms with Gasteiger partial charge in [-0.2, -0.15) is 11.8 Å². The molecule has 0 aromatic carbocycles. The van der Waals surface area contributed by atoms with Gasteiger partial charge >= 0.3 is 0 Å². The van der Waals surface area contributed by atoms with Crippen molar-refractivity contribution in [1.82, 2.24) is 5.32 Å². The quantitative estimate of drug-likeness (QED) is 0.581. The standard InChI is InChI=1S/C13H27NO3S/c1-13(2,3)12(15)11-17-7-6-16-8-10-18-9-5-14-4/h14H,5-11H2,1-4H3. The zero-order valence-electron chi connectivity index (χ0n) is 12.1. The molecule has 0 aromatic rings. The second kappa shape index (κ2) is 10.8. The Morgan fingerprint density at radius 3 is 2.39 bits per heavy atom. The van der Waals surface area contributed by atoms with Crippen LogP contribution in [-0.4, -0.2) is 57.3 Å². The largest absolute Gasteiger partial charge is 0.378 e. The first-order chi connectivity index (χ1) is 8.48. The fourth-order valence-corrected chi connectivity index (χ4v) is 1.78. The van der Waals surface area contributed by atoms with Crippen LogP contribution in [0.2, 0.25) is 0 Å². The van der Waals surface area contributed by atoms with Gasteiger partial charge in [-0.3, -0.25) is 4.79 Å². The van der Waals surface area contributed by atoms with Crippen LogP contribution in [0.4, 0.5) is 0 Å². The number of nitrogens with one attached hydrogen (secondary N) is 1. The minimum Gasteiger partial charge on any atom is -0.378 e. The van der Waals surface area contributed by atoms with Crippen molar-refractivity contribution in [2.24, 2.45) is 5.41 Å². The van der Waals surface area contributed by atoms with Crippen LogP contribution in [0.5, 0.6) is 0 Å². The van der Waals surface area contributed by atoms with Crippen LogP contribution in [0.15, 0.2) is 0 Å². The van der Waals surface area contributed by atoms with Crippen molar-refractivity contribution in [3.05, 3.63) is 0 Å². The minimum atomic E-state index is -0.315. The predicted molar refractivity (Wildman–Crippen MR) is 77.4 cm³/mol. The van der Waals surface area contributed by atoms with E-state index in [9.17, 15) is 4.79 Å². The van der Waals surface area contributed by atoms with E-state index in [0.29, 0.717) is 13.2 Å².